The van der Waals surface area contributed by atoms with Gasteiger partial charge < -0.3 is 4.57 Å². The Morgan fingerprint density at radius 1 is 0.700 bits per heavy atom. The topological polar surface area (TPSA) is 8.17 Å². The molecular formula is C27H27FN2. The van der Waals surface area contributed by atoms with Crippen molar-refractivity contribution >= 4 is 0 Å². The van der Waals surface area contributed by atoms with E-state index in [4.69, 9.17) is 0 Å². The Morgan fingerprint density at radius 3 is 2.17 bits per heavy atom. The van der Waals surface area contributed by atoms with Gasteiger partial charge >= 0.3 is 0 Å². The summed E-state index contributed by atoms with van der Waals surface area (Å²) < 4.78 is 16.3. The molecule has 0 unspecified atom stereocenters. The normalized spacial score (nSPS) is 11.2. The summed E-state index contributed by atoms with van der Waals surface area (Å²) in [5.74, 6) is -0.154. The van der Waals surface area contributed by atoms with Gasteiger partial charge in [0.25, 0.3) is 0 Å². The van der Waals surface area contributed by atoms with Gasteiger partial charge in [-0.2, -0.15) is 0 Å². The zero-order valence-corrected chi connectivity index (χ0v) is 17.3. The van der Waals surface area contributed by atoms with Gasteiger partial charge in [-0.15, -0.1) is 0 Å². The zero-order valence-electron chi connectivity index (χ0n) is 17.3. The van der Waals surface area contributed by atoms with Crippen molar-refractivity contribution in [2.24, 2.45) is 0 Å². The van der Waals surface area contributed by atoms with Crippen molar-refractivity contribution in [3.63, 3.8) is 0 Å². The number of aryl methyl sites for hydroxylation is 1. The van der Waals surface area contributed by atoms with Crippen LogP contribution >= 0.6 is 0 Å². The third kappa shape index (κ3) is 5.05. The molecule has 3 aromatic carbocycles. The summed E-state index contributed by atoms with van der Waals surface area (Å²) in [5.41, 5.74) is 5.82. The first-order valence-corrected chi connectivity index (χ1v) is 10.4. The van der Waals surface area contributed by atoms with Crippen LogP contribution in [0.2, 0.25) is 0 Å². The Hall–Kier alpha value is -3.17. The molecule has 0 radical (unpaired) electrons. The molecule has 0 N–H and O–H groups in total. The van der Waals surface area contributed by atoms with Crippen LogP contribution in [0.15, 0.2) is 97.2 Å². The van der Waals surface area contributed by atoms with E-state index in [1.807, 2.05) is 24.4 Å². The summed E-state index contributed by atoms with van der Waals surface area (Å²) in [6, 6.07) is 30.3. The largest absolute Gasteiger partial charge is 0.346 e. The molecule has 0 saturated heterocycles. The number of halogens is 1. The lowest BCUT2D eigenvalue weighted by molar-refractivity contribution is 0.241. The fourth-order valence-electron chi connectivity index (χ4n) is 3.82. The molecule has 0 amide bonds. The highest BCUT2D eigenvalue weighted by atomic mass is 19.1. The van der Waals surface area contributed by atoms with E-state index >= 15 is 0 Å². The molecule has 4 aromatic rings. The van der Waals surface area contributed by atoms with Gasteiger partial charge in [-0.3, -0.25) is 4.90 Å². The van der Waals surface area contributed by atoms with E-state index in [0.29, 0.717) is 12.1 Å². The van der Waals surface area contributed by atoms with E-state index in [9.17, 15) is 4.39 Å². The monoisotopic (exact) mass is 398 g/mol. The van der Waals surface area contributed by atoms with Gasteiger partial charge in [0.1, 0.15) is 5.82 Å². The third-order valence-corrected chi connectivity index (χ3v) is 5.51. The van der Waals surface area contributed by atoms with Crippen LogP contribution in [0, 0.1) is 12.7 Å². The average Bonchev–Trinajstić information content (AvgIpc) is 3.19. The molecule has 3 heteroatoms. The van der Waals surface area contributed by atoms with Crippen LogP contribution in [0.5, 0.6) is 0 Å². The molecule has 2 nitrogen and oxygen atoms in total. The minimum Gasteiger partial charge on any atom is -0.346 e. The SMILES string of the molecule is Cc1ccccc1CN(Cc1ccccc1)Cc1cccn1Cc1ccccc1F. The Labute approximate surface area is 178 Å². The molecule has 0 bridgehead atoms. The van der Waals surface area contributed by atoms with Gasteiger partial charge in [-0.25, -0.2) is 4.39 Å². The molecule has 0 aliphatic heterocycles. The second-order valence-corrected chi connectivity index (χ2v) is 7.78. The van der Waals surface area contributed by atoms with E-state index in [0.717, 1.165) is 19.6 Å². The van der Waals surface area contributed by atoms with Gasteiger partial charge in [-0.05, 0) is 41.8 Å². The Morgan fingerprint density at radius 2 is 1.40 bits per heavy atom. The standard InChI is InChI=1S/C27H27FN2/c1-22-10-5-6-13-24(22)19-29(18-23-11-3-2-4-12-23)21-26-15-9-17-30(26)20-25-14-7-8-16-27(25)28/h2-17H,18-21H2,1H3. The van der Waals surface area contributed by atoms with E-state index in [1.165, 1.54) is 28.5 Å². The van der Waals surface area contributed by atoms with Crippen molar-refractivity contribution in [2.75, 3.05) is 0 Å². The number of benzene rings is 3. The average molecular weight is 399 g/mol. The van der Waals surface area contributed by atoms with Crippen LogP contribution in [-0.4, -0.2) is 9.47 Å². The van der Waals surface area contributed by atoms with E-state index in [-0.39, 0.29) is 5.82 Å². The van der Waals surface area contributed by atoms with Crippen molar-refractivity contribution in [1.82, 2.24) is 9.47 Å². The summed E-state index contributed by atoms with van der Waals surface area (Å²) in [4.78, 5) is 2.45. The molecule has 1 heterocycles. The van der Waals surface area contributed by atoms with Crippen molar-refractivity contribution in [3.8, 4) is 0 Å². The minimum atomic E-state index is -0.154. The van der Waals surface area contributed by atoms with Gasteiger partial charge in [0.15, 0.2) is 0 Å². The number of nitrogens with zero attached hydrogens (tertiary/aromatic N) is 2. The fourth-order valence-corrected chi connectivity index (χ4v) is 3.82. The molecule has 0 aliphatic carbocycles. The van der Waals surface area contributed by atoms with E-state index in [1.54, 1.807) is 6.07 Å². The van der Waals surface area contributed by atoms with Crippen molar-refractivity contribution < 1.29 is 4.39 Å². The maximum absolute atomic E-state index is 14.2. The molecule has 4 rings (SSSR count). The molecule has 1 aromatic heterocycles. The van der Waals surface area contributed by atoms with Crippen LogP contribution in [0.25, 0.3) is 0 Å². The van der Waals surface area contributed by atoms with E-state index in [2.05, 4.69) is 77.1 Å². The zero-order chi connectivity index (χ0) is 20.8. The summed E-state index contributed by atoms with van der Waals surface area (Å²) in [6.07, 6.45) is 2.04. The summed E-state index contributed by atoms with van der Waals surface area (Å²) in [7, 11) is 0. The maximum atomic E-state index is 14.2. The quantitative estimate of drug-likeness (QED) is 0.344. The lowest BCUT2D eigenvalue weighted by Gasteiger charge is -2.24. The van der Waals surface area contributed by atoms with Crippen LogP contribution < -0.4 is 0 Å². The molecule has 0 saturated carbocycles. The highest BCUT2D eigenvalue weighted by Crippen LogP contribution is 2.18. The van der Waals surface area contributed by atoms with Crippen molar-refractivity contribution in [2.45, 2.75) is 33.1 Å². The molecule has 30 heavy (non-hydrogen) atoms. The summed E-state index contributed by atoms with van der Waals surface area (Å²) >= 11 is 0. The predicted molar refractivity (Wildman–Crippen MR) is 121 cm³/mol. The number of aromatic nitrogens is 1. The number of hydrogen-bond donors (Lipinski definition) is 0. The second-order valence-electron chi connectivity index (χ2n) is 7.78. The number of rotatable bonds is 8. The highest BCUT2D eigenvalue weighted by Gasteiger charge is 2.13. The lowest BCUT2D eigenvalue weighted by Crippen LogP contribution is -2.24. The number of hydrogen-bond acceptors (Lipinski definition) is 1. The van der Waals surface area contributed by atoms with Crippen LogP contribution in [0.4, 0.5) is 4.39 Å². The Kier molecular flexibility index (Phi) is 6.41. The van der Waals surface area contributed by atoms with Gasteiger partial charge in [0.05, 0.1) is 6.54 Å². The second kappa shape index (κ2) is 9.55. The Bertz CT molecular complexity index is 1080. The molecule has 0 spiro atoms. The molecule has 152 valence electrons. The highest BCUT2D eigenvalue weighted by molar-refractivity contribution is 5.26. The third-order valence-electron chi connectivity index (χ3n) is 5.51. The summed E-state index contributed by atoms with van der Waals surface area (Å²) in [6.45, 7) is 5.23. The van der Waals surface area contributed by atoms with E-state index < -0.39 is 0 Å². The summed E-state index contributed by atoms with van der Waals surface area (Å²) in [5, 5.41) is 0. The smallest absolute Gasteiger partial charge is 0.128 e. The van der Waals surface area contributed by atoms with Crippen LogP contribution in [0.1, 0.15) is 27.9 Å². The minimum absolute atomic E-state index is 0.154. The predicted octanol–water partition coefficient (Wildman–Crippen LogP) is 6.19. The first kappa shape index (κ1) is 20.1. The molecule has 0 fully saturated rings. The maximum Gasteiger partial charge on any atom is 0.128 e. The first-order valence-electron chi connectivity index (χ1n) is 10.4. The van der Waals surface area contributed by atoms with Crippen LogP contribution in [0.3, 0.4) is 0 Å². The van der Waals surface area contributed by atoms with Gasteiger partial charge in [0, 0.05) is 37.1 Å². The van der Waals surface area contributed by atoms with Gasteiger partial charge in [-0.1, -0.05) is 72.8 Å². The first-order chi connectivity index (χ1) is 14.7. The molecular weight excluding hydrogens is 371 g/mol. The van der Waals surface area contributed by atoms with Gasteiger partial charge in [0.2, 0.25) is 0 Å². The molecule has 0 aliphatic rings. The fraction of sp³-hybridized carbons (Fsp3) is 0.185. The van der Waals surface area contributed by atoms with Crippen molar-refractivity contribution in [1.29, 1.82) is 0 Å². The van der Waals surface area contributed by atoms with Crippen molar-refractivity contribution in [3.05, 3.63) is 131 Å². The Balaban J connectivity index is 1.57. The lowest BCUT2D eigenvalue weighted by atomic mass is 10.1. The molecule has 0 atom stereocenters. The van der Waals surface area contributed by atoms with Crippen LogP contribution in [-0.2, 0) is 26.2 Å².